The van der Waals surface area contributed by atoms with Crippen LogP contribution in [0.3, 0.4) is 0 Å². The zero-order chi connectivity index (χ0) is 23.0. The summed E-state index contributed by atoms with van der Waals surface area (Å²) in [5, 5.41) is 40.9. The second kappa shape index (κ2) is 9.22. The second-order valence-corrected chi connectivity index (χ2v) is 10.9. The van der Waals surface area contributed by atoms with Crippen LogP contribution < -0.4 is 10.6 Å². The number of nitrogens with zero attached hydrogens (tertiary/aromatic N) is 4. The van der Waals surface area contributed by atoms with Crippen molar-refractivity contribution < 1.29 is 24.6 Å². The van der Waals surface area contributed by atoms with Gasteiger partial charge in [-0.3, -0.25) is 14.5 Å². The Morgan fingerprint density at radius 3 is 2.81 bits per heavy atom. The summed E-state index contributed by atoms with van der Waals surface area (Å²) in [6, 6.07) is 1.57. The van der Waals surface area contributed by atoms with Crippen LogP contribution >= 0.6 is 47.1 Å². The van der Waals surface area contributed by atoms with Gasteiger partial charge >= 0.3 is 11.9 Å². The number of carbonyl (C=O) groups excluding carboxylic acids is 1. The number of nitrogens with one attached hydrogen (secondary N) is 2. The van der Waals surface area contributed by atoms with Gasteiger partial charge in [0.25, 0.3) is 5.91 Å². The molecule has 3 heterocycles. The van der Waals surface area contributed by atoms with Crippen molar-refractivity contribution >= 4 is 75.0 Å². The summed E-state index contributed by atoms with van der Waals surface area (Å²) in [5.41, 5.74) is 0.574. The number of carboxylic acids is 2. The zero-order valence-electron chi connectivity index (χ0n) is 16.2. The molecule has 0 spiro atoms. The first-order valence-corrected chi connectivity index (χ1v) is 12.6. The molecule has 2 fully saturated rings. The number of thiocarbonyl (C=S) groups is 1. The number of rotatable bonds is 9. The number of aliphatic carboxylic acids is 2. The van der Waals surface area contributed by atoms with Gasteiger partial charge in [-0.15, -0.1) is 22.0 Å². The monoisotopic (exact) mass is 512 g/mol. The van der Waals surface area contributed by atoms with Crippen molar-refractivity contribution in [1.82, 2.24) is 20.4 Å². The highest BCUT2D eigenvalue weighted by Crippen LogP contribution is 2.43. The average Bonchev–Trinajstić information content (AvgIpc) is 3.43. The summed E-state index contributed by atoms with van der Waals surface area (Å²) in [6.07, 6.45) is 0.686. The van der Waals surface area contributed by atoms with E-state index in [4.69, 9.17) is 22.6 Å². The average molecular weight is 513 g/mol. The van der Waals surface area contributed by atoms with Gasteiger partial charge in [0.15, 0.2) is 4.34 Å². The summed E-state index contributed by atoms with van der Waals surface area (Å²) in [6.45, 7) is -0.279. The van der Waals surface area contributed by atoms with Gasteiger partial charge in [-0.1, -0.05) is 35.3 Å². The van der Waals surface area contributed by atoms with Crippen LogP contribution in [0.1, 0.15) is 6.42 Å². The highest BCUT2D eigenvalue weighted by Gasteiger charge is 2.55. The number of aromatic nitrogens is 2. The molecule has 1 aromatic heterocycles. The third-order valence-corrected chi connectivity index (χ3v) is 8.87. The van der Waals surface area contributed by atoms with Crippen molar-refractivity contribution in [2.75, 3.05) is 23.4 Å². The van der Waals surface area contributed by atoms with Crippen molar-refractivity contribution in [3.05, 3.63) is 11.3 Å². The smallest absolute Gasteiger partial charge is 0.352 e. The predicted molar refractivity (Wildman–Crippen MR) is 121 cm³/mol. The van der Waals surface area contributed by atoms with Crippen LogP contribution in [0.2, 0.25) is 0 Å². The first kappa shape index (κ1) is 22.8. The second-order valence-electron chi connectivity index (χ2n) is 7.14. The molecule has 15 heteroatoms. The van der Waals surface area contributed by atoms with Crippen LogP contribution in [-0.2, 0) is 14.4 Å². The maximum Gasteiger partial charge on any atom is 0.352 e. The standard InChI is InChI=1S/C17H16N6O5S4/c18-2-6-1-8(6)12(29)20-10-13(26)23-11(15(27)28)7(4-30-14(10)23)5-31-17-22-21-16(32-17)19-3-9(24)25/h6,8,10,14H,1,3-5H2,(H,19,21)(H,20,29)(H,24,25)(H,27,28)/t6-,8-,10?,14-/m0/s1. The number of thioether (sulfide) groups is 2. The molecule has 1 unspecified atom stereocenters. The van der Waals surface area contributed by atoms with Gasteiger partial charge < -0.3 is 20.8 Å². The minimum atomic E-state index is -1.17. The molecule has 0 bridgehead atoms. The minimum Gasteiger partial charge on any atom is -0.480 e. The van der Waals surface area contributed by atoms with Crippen LogP contribution in [0.4, 0.5) is 5.13 Å². The molecule has 0 aromatic carbocycles. The summed E-state index contributed by atoms with van der Waals surface area (Å²) >= 11 is 9.22. The molecular formula is C17H16N6O5S4. The fourth-order valence-electron chi connectivity index (χ4n) is 3.32. The van der Waals surface area contributed by atoms with Gasteiger partial charge in [-0.25, -0.2) is 4.79 Å². The third-order valence-electron chi connectivity index (χ3n) is 5.01. The lowest BCUT2D eigenvalue weighted by atomic mass is 10.0. The van der Waals surface area contributed by atoms with E-state index in [9.17, 15) is 19.5 Å². The molecule has 11 nitrogen and oxygen atoms in total. The van der Waals surface area contributed by atoms with E-state index >= 15 is 0 Å². The van der Waals surface area contributed by atoms with Crippen LogP contribution in [0.15, 0.2) is 15.6 Å². The van der Waals surface area contributed by atoms with E-state index in [1.54, 1.807) is 0 Å². The Labute approximate surface area is 199 Å². The topological polar surface area (TPSA) is 169 Å². The zero-order valence-corrected chi connectivity index (χ0v) is 19.4. The number of nitriles is 1. The van der Waals surface area contributed by atoms with Crippen molar-refractivity contribution in [1.29, 1.82) is 5.26 Å². The van der Waals surface area contributed by atoms with E-state index in [0.29, 0.717) is 38.0 Å². The van der Waals surface area contributed by atoms with Crippen molar-refractivity contribution in [3.63, 3.8) is 0 Å². The summed E-state index contributed by atoms with van der Waals surface area (Å²) in [5.74, 6) is -1.95. The van der Waals surface area contributed by atoms with Gasteiger partial charge in [-0.05, 0) is 12.0 Å². The van der Waals surface area contributed by atoms with Crippen molar-refractivity contribution in [2.24, 2.45) is 11.8 Å². The number of carboxylic acid groups (broad SMARTS) is 2. The van der Waals surface area contributed by atoms with E-state index in [1.807, 2.05) is 0 Å². The largest absolute Gasteiger partial charge is 0.480 e. The molecule has 2 aliphatic heterocycles. The lowest BCUT2D eigenvalue weighted by Gasteiger charge is -2.49. The first-order chi connectivity index (χ1) is 15.3. The Balaban J connectivity index is 1.39. The van der Waals surface area contributed by atoms with Crippen LogP contribution in [0.5, 0.6) is 0 Å². The van der Waals surface area contributed by atoms with Gasteiger partial charge in [0.2, 0.25) is 5.13 Å². The molecule has 3 aliphatic rings. The van der Waals surface area contributed by atoms with E-state index < -0.39 is 18.0 Å². The van der Waals surface area contributed by atoms with Gasteiger partial charge in [0.05, 0.1) is 17.0 Å². The Morgan fingerprint density at radius 2 is 2.16 bits per heavy atom. The van der Waals surface area contributed by atoms with E-state index in [-0.39, 0.29) is 35.4 Å². The van der Waals surface area contributed by atoms with Crippen LogP contribution in [0.25, 0.3) is 0 Å². The summed E-state index contributed by atoms with van der Waals surface area (Å²) in [4.78, 5) is 37.1. The normalized spacial score (nSPS) is 26.0. The molecule has 0 radical (unpaired) electrons. The molecule has 1 saturated carbocycles. The fraction of sp³-hybridized carbons (Fsp3) is 0.471. The number of hydrogen-bond acceptors (Lipinski definition) is 11. The fourth-order valence-corrected chi connectivity index (χ4v) is 6.94. The highest BCUT2D eigenvalue weighted by atomic mass is 32.2. The number of hydrogen-bond donors (Lipinski definition) is 4. The molecule has 4 atom stereocenters. The molecule has 32 heavy (non-hydrogen) atoms. The molecule has 168 valence electrons. The quantitative estimate of drug-likeness (QED) is 0.209. The van der Waals surface area contributed by atoms with E-state index in [0.717, 1.165) is 0 Å². The molecule has 1 aliphatic carbocycles. The summed E-state index contributed by atoms with van der Waals surface area (Å²) < 4.78 is 0.554. The van der Waals surface area contributed by atoms with Crippen molar-refractivity contribution in [3.8, 4) is 6.07 Å². The number of β-lactam (4-membered cyclic amide) rings is 1. The Morgan fingerprint density at radius 1 is 1.38 bits per heavy atom. The Kier molecular flexibility index (Phi) is 6.56. The van der Waals surface area contributed by atoms with Gasteiger partial charge in [0, 0.05) is 17.4 Å². The number of fused-ring (bicyclic) bond motifs is 1. The Hall–Kier alpha value is -2.41. The molecule has 1 saturated heterocycles. The number of anilines is 1. The lowest BCUT2D eigenvalue weighted by molar-refractivity contribution is -0.148. The minimum absolute atomic E-state index is 0.0229. The predicted octanol–water partition coefficient (Wildman–Crippen LogP) is 0.826. The SMILES string of the molecule is N#C[C@@H]1C[C@@H]1C(=S)NC1C(=O)N2C(C(=O)O)=C(CSc3nnc(NCC(=O)O)s3)CS[C@@H]12. The molecule has 4 rings (SSSR count). The number of amides is 1. The molecule has 1 amide bonds. The van der Waals surface area contributed by atoms with Crippen molar-refractivity contribution in [2.45, 2.75) is 22.2 Å². The van der Waals surface area contributed by atoms with Gasteiger partial charge in [0.1, 0.15) is 23.7 Å². The molecule has 1 aromatic rings. The Bertz CT molecular complexity index is 1070. The maximum absolute atomic E-state index is 12.7. The van der Waals surface area contributed by atoms with E-state index in [1.165, 1.54) is 39.8 Å². The number of carbonyl (C=O) groups is 3. The first-order valence-electron chi connectivity index (χ1n) is 9.32. The van der Waals surface area contributed by atoms with E-state index in [2.05, 4.69) is 26.9 Å². The molecular weight excluding hydrogens is 496 g/mol. The molecule has 4 N–H and O–H groups in total. The maximum atomic E-state index is 12.7. The van der Waals surface area contributed by atoms with Crippen LogP contribution in [0, 0.1) is 23.2 Å². The summed E-state index contributed by atoms with van der Waals surface area (Å²) in [7, 11) is 0. The van der Waals surface area contributed by atoms with Crippen LogP contribution in [-0.4, -0.2) is 77.6 Å². The van der Waals surface area contributed by atoms with Gasteiger partial charge in [-0.2, -0.15) is 5.26 Å². The highest BCUT2D eigenvalue weighted by molar-refractivity contribution is 8.02. The third kappa shape index (κ3) is 4.53. The lowest BCUT2D eigenvalue weighted by Crippen LogP contribution is -2.70.